The topological polar surface area (TPSA) is 37.8 Å². The molecular weight excluding hydrogens is 246 g/mol. The third kappa shape index (κ3) is 5.21. The van der Waals surface area contributed by atoms with Crippen LogP contribution in [0, 0.1) is 5.41 Å². The second kappa shape index (κ2) is 5.43. The maximum Gasteiger partial charge on any atom is 0.224 e. The molecule has 0 aliphatic heterocycles. The Kier molecular flexibility index (Phi) is 4.60. The van der Waals surface area contributed by atoms with E-state index in [-0.39, 0.29) is 11.0 Å². The zero-order chi connectivity index (χ0) is 14.0. The lowest BCUT2D eigenvalue weighted by Gasteiger charge is -2.33. The Bertz CT molecular complexity index is 408. The van der Waals surface area contributed by atoms with Gasteiger partial charge in [-0.3, -0.25) is 0 Å². The van der Waals surface area contributed by atoms with Gasteiger partial charge < -0.3 is 5.32 Å². The first-order chi connectivity index (χ1) is 8.11. The van der Waals surface area contributed by atoms with E-state index < -0.39 is 0 Å². The van der Waals surface area contributed by atoms with Crippen molar-refractivity contribution >= 4 is 17.5 Å². The third-order valence-corrected chi connectivity index (χ3v) is 2.73. The molecule has 0 radical (unpaired) electrons. The van der Waals surface area contributed by atoms with E-state index in [0.29, 0.717) is 11.1 Å². The minimum atomic E-state index is -0.0616. The summed E-state index contributed by atoms with van der Waals surface area (Å²) >= 11 is 6.00. The molecule has 0 bridgehead atoms. The molecule has 0 saturated carbocycles. The third-order valence-electron chi connectivity index (χ3n) is 2.53. The summed E-state index contributed by atoms with van der Waals surface area (Å²) in [5, 5.41) is 3.88. The molecular formula is C14H24ClN3. The van der Waals surface area contributed by atoms with Crippen LogP contribution in [-0.2, 0) is 6.42 Å². The van der Waals surface area contributed by atoms with Crippen LogP contribution in [0.3, 0.4) is 0 Å². The Morgan fingerprint density at radius 2 is 1.78 bits per heavy atom. The zero-order valence-electron chi connectivity index (χ0n) is 12.3. The molecule has 1 aromatic rings. The van der Waals surface area contributed by atoms with Crippen LogP contribution in [-0.4, -0.2) is 15.5 Å². The van der Waals surface area contributed by atoms with E-state index in [9.17, 15) is 0 Å². The van der Waals surface area contributed by atoms with Gasteiger partial charge in [0.1, 0.15) is 5.15 Å². The summed E-state index contributed by atoms with van der Waals surface area (Å²) in [7, 11) is 0. The van der Waals surface area contributed by atoms with Crippen molar-refractivity contribution in [1.82, 2.24) is 9.97 Å². The fraction of sp³-hybridized carbons (Fsp3) is 0.714. The summed E-state index contributed by atoms with van der Waals surface area (Å²) < 4.78 is 0. The largest absolute Gasteiger partial charge is 0.349 e. The monoisotopic (exact) mass is 269 g/mol. The maximum absolute atomic E-state index is 6.00. The summed E-state index contributed by atoms with van der Waals surface area (Å²) in [6, 6.07) is 1.81. The average Bonchev–Trinajstić information content (AvgIpc) is 2.11. The van der Waals surface area contributed by atoms with Crippen LogP contribution < -0.4 is 5.32 Å². The molecule has 0 aliphatic carbocycles. The number of hydrogen-bond donors (Lipinski definition) is 1. The van der Waals surface area contributed by atoms with E-state index in [4.69, 9.17) is 11.6 Å². The van der Waals surface area contributed by atoms with Gasteiger partial charge in [0.05, 0.1) is 0 Å². The van der Waals surface area contributed by atoms with Gasteiger partial charge in [-0.1, -0.05) is 39.3 Å². The van der Waals surface area contributed by atoms with Gasteiger partial charge in [-0.05, 0) is 38.2 Å². The molecule has 18 heavy (non-hydrogen) atoms. The Balaban J connectivity index is 2.86. The summed E-state index contributed by atoms with van der Waals surface area (Å²) in [4.78, 5) is 8.70. The van der Waals surface area contributed by atoms with Crippen LogP contribution >= 0.6 is 11.6 Å². The molecule has 0 atom stereocenters. The Morgan fingerprint density at radius 3 is 2.28 bits per heavy atom. The predicted octanol–water partition coefficient (Wildman–Crippen LogP) is 4.32. The molecule has 0 fully saturated rings. The molecule has 3 nitrogen and oxygen atoms in total. The summed E-state index contributed by atoms with van der Waals surface area (Å²) in [6.07, 6.45) is 1.88. The molecule has 1 aromatic heterocycles. The van der Waals surface area contributed by atoms with E-state index in [1.165, 1.54) is 0 Å². The number of anilines is 1. The quantitative estimate of drug-likeness (QED) is 0.828. The summed E-state index contributed by atoms with van der Waals surface area (Å²) in [6.45, 7) is 13.1. The molecule has 4 heteroatoms. The highest BCUT2D eigenvalue weighted by molar-refractivity contribution is 6.29. The second-order valence-electron chi connectivity index (χ2n) is 6.61. The molecule has 0 aromatic carbocycles. The van der Waals surface area contributed by atoms with E-state index in [1.807, 2.05) is 6.07 Å². The van der Waals surface area contributed by atoms with Crippen LogP contribution in [0.1, 0.15) is 53.7 Å². The number of nitrogens with zero attached hydrogens (tertiary/aromatic N) is 2. The molecule has 102 valence electrons. The molecule has 0 amide bonds. The molecule has 0 unspecified atom stereocenters. The second-order valence-corrected chi connectivity index (χ2v) is 6.99. The van der Waals surface area contributed by atoms with Crippen molar-refractivity contribution < 1.29 is 0 Å². The van der Waals surface area contributed by atoms with E-state index in [0.717, 1.165) is 18.5 Å². The van der Waals surface area contributed by atoms with Crippen LogP contribution in [0.15, 0.2) is 6.07 Å². The smallest absolute Gasteiger partial charge is 0.224 e. The fourth-order valence-corrected chi connectivity index (χ4v) is 2.58. The first-order valence-corrected chi connectivity index (χ1v) is 6.81. The van der Waals surface area contributed by atoms with Gasteiger partial charge in [-0.25, -0.2) is 9.97 Å². The van der Waals surface area contributed by atoms with Crippen LogP contribution in [0.25, 0.3) is 0 Å². The number of nitrogens with one attached hydrogen (secondary N) is 1. The van der Waals surface area contributed by atoms with Crippen molar-refractivity contribution in [1.29, 1.82) is 0 Å². The minimum Gasteiger partial charge on any atom is -0.349 e. The van der Waals surface area contributed by atoms with Crippen LogP contribution in [0.2, 0.25) is 5.15 Å². The normalized spacial score (nSPS) is 12.6. The van der Waals surface area contributed by atoms with Gasteiger partial charge in [-0.2, -0.15) is 0 Å². The van der Waals surface area contributed by atoms with Crippen molar-refractivity contribution in [3.63, 3.8) is 0 Å². The summed E-state index contributed by atoms with van der Waals surface area (Å²) in [5.41, 5.74) is 1.15. The standard InChI is InChI=1S/C14H24ClN3/c1-7-10-8-11(15)17-12(16-10)18-14(5,6)9-13(2,3)4/h8H,7,9H2,1-6H3,(H,16,17,18). The average molecular weight is 270 g/mol. The number of rotatable bonds is 4. The number of hydrogen-bond acceptors (Lipinski definition) is 3. The van der Waals surface area contributed by atoms with Gasteiger partial charge in [0.15, 0.2) is 0 Å². The summed E-state index contributed by atoms with van der Waals surface area (Å²) in [5.74, 6) is 0.619. The molecule has 0 aliphatic rings. The lowest BCUT2D eigenvalue weighted by molar-refractivity contribution is 0.301. The van der Waals surface area contributed by atoms with Crippen LogP contribution in [0.4, 0.5) is 5.95 Å². The first kappa shape index (κ1) is 15.2. The van der Waals surface area contributed by atoms with Crippen molar-refractivity contribution in [3.05, 3.63) is 16.9 Å². The van der Waals surface area contributed by atoms with Gasteiger partial charge in [-0.15, -0.1) is 0 Å². The maximum atomic E-state index is 6.00. The molecule has 1 N–H and O–H groups in total. The van der Waals surface area contributed by atoms with Crippen molar-refractivity contribution in [2.75, 3.05) is 5.32 Å². The Hall–Kier alpha value is -0.830. The zero-order valence-corrected chi connectivity index (χ0v) is 13.0. The Labute approximate surface area is 115 Å². The molecule has 0 saturated heterocycles. The van der Waals surface area contributed by atoms with E-state index in [1.54, 1.807) is 0 Å². The van der Waals surface area contributed by atoms with E-state index >= 15 is 0 Å². The van der Waals surface area contributed by atoms with Gasteiger partial charge >= 0.3 is 0 Å². The van der Waals surface area contributed by atoms with E-state index in [2.05, 4.69) is 56.8 Å². The molecule has 1 heterocycles. The number of halogens is 1. The fourth-order valence-electron chi connectivity index (χ4n) is 2.37. The SMILES string of the molecule is CCc1cc(Cl)nc(NC(C)(C)CC(C)(C)C)n1. The lowest BCUT2D eigenvalue weighted by atomic mass is 9.82. The lowest BCUT2D eigenvalue weighted by Crippen LogP contribution is -2.36. The highest BCUT2D eigenvalue weighted by Crippen LogP contribution is 2.29. The highest BCUT2D eigenvalue weighted by Gasteiger charge is 2.26. The van der Waals surface area contributed by atoms with Crippen LogP contribution in [0.5, 0.6) is 0 Å². The van der Waals surface area contributed by atoms with Crippen molar-refractivity contribution in [2.45, 2.75) is 59.9 Å². The minimum absolute atomic E-state index is 0.0616. The number of aromatic nitrogens is 2. The number of aryl methyl sites for hydroxylation is 1. The first-order valence-electron chi connectivity index (χ1n) is 6.43. The highest BCUT2D eigenvalue weighted by atomic mass is 35.5. The van der Waals surface area contributed by atoms with Gasteiger partial charge in [0.25, 0.3) is 0 Å². The van der Waals surface area contributed by atoms with Crippen molar-refractivity contribution in [2.24, 2.45) is 5.41 Å². The van der Waals surface area contributed by atoms with Gasteiger partial charge in [0, 0.05) is 11.2 Å². The predicted molar refractivity (Wildman–Crippen MR) is 78.2 cm³/mol. The molecule has 1 rings (SSSR count). The molecule has 0 spiro atoms. The Morgan fingerprint density at radius 1 is 1.17 bits per heavy atom. The van der Waals surface area contributed by atoms with Crippen molar-refractivity contribution in [3.8, 4) is 0 Å². The van der Waals surface area contributed by atoms with Gasteiger partial charge in [0.2, 0.25) is 5.95 Å².